The van der Waals surface area contributed by atoms with Gasteiger partial charge in [0.1, 0.15) is 5.75 Å². The summed E-state index contributed by atoms with van der Waals surface area (Å²) in [7, 11) is 0. The molecule has 7 nitrogen and oxygen atoms in total. The van der Waals surface area contributed by atoms with Gasteiger partial charge < -0.3 is 9.30 Å². The van der Waals surface area contributed by atoms with Gasteiger partial charge in [-0.2, -0.15) is 15.1 Å². The average Bonchev–Trinajstić information content (AvgIpc) is 3.26. The summed E-state index contributed by atoms with van der Waals surface area (Å²) >= 11 is 1.29. The number of rotatable bonds is 4. The Hall–Kier alpha value is -3.13. The van der Waals surface area contributed by atoms with Crippen molar-refractivity contribution in [2.24, 2.45) is 10.1 Å². The Balaban J connectivity index is 1.69. The number of aromatic nitrogens is 1. The van der Waals surface area contributed by atoms with E-state index in [0.29, 0.717) is 11.8 Å². The molecule has 2 aromatic rings. The van der Waals surface area contributed by atoms with Crippen LogP contribution in [0.25, 0.3) is 11.8 Å². The number of amides is 1. The van der Waals surface area contributed by atoms with Crippen LogP contribution < -0.4 is 4.74 Å². The highest BCUT2D eigenvalue weighted by Gasteiger charge is 2.34. The molecule has 27 heavy (non-hydrogen) atoms. The Morgan fingerprint density at radius 1 is 1.26 bits per heavy atom. The van der Waals surface area contributed by atoms with E-state index < -0.39 is 5.91 Å². The smallest absolute Gasteiger partial charge is 0.283 e. The molecule has 0 bridgehead atoms. The summed E-state index contributed by atoms with van der Waals surface area (Å²) in [5.41, 5.74) is 1.92. The fraction of sp³-hybridized carbons (Fsp3) is 0.158. The zero-order valence-corrected chi connectivity index (χ0v) is 15.7. The zero-order chi connectivity index (χ0) is 19.0. The number of nitrogens with one attached hydrogen (secondary N) is 1. The minimum Gasteiger partial charge on any atom is -0.494 e. The van der Waals surface area contributed by atoms with Crippen LogP contribution in [0.4, 0.5) is 0 Å². The van der Waals surface area contributed by atoms with Crippen molar-refractivity contribution in [2.75, 3.05) is 6.61 Å². The monoisotopic (exact) mass is 379 g/mol. The number of hydrogen-bond donors (Lipinski definition) is 1. The second-order valence-corrected chi connectivity index (χ2v) is 7.03. The fourth-order valence-electron chi connectivity index (χ4n) is 2.85. The third-order valence-corrected chi connectivity index (χ3v) is 4.88. The molecule has 2 aliphatic heterocycles. The van der Waals surface area contributed by atoms with Crippen molar-refractivity contribution in [3.8, 4) is 11.4 Å². The Labute approximate surface area is 160 Å². The maximum atomic E-state index is 12.4. The van der Waals surface area contributed by atoms with Crippen LogP contribution in [0.5, 0.6) is 5.75 Å². The first kappa shape index (κ1) is 17.3. The molecule has 0 fully saturated rings. The zero-order valence-electron chi connectivity index (χ0n) is 14.8. The number of benzene rings is 1. The van der Waals surface area contributed by atoms with Gasteiger partial charge in [0.25, 0.3) is 5.91 Å². The molecule has 8 heteroatoms. The minimum absolute atomic E-state index is 0.0359. The van der Waals surface area contributed by atoms with Crippen molar-refractivity contribution in [1.29, 1.82) is 5.41 Å². The summed E-state index contributed by atoms with van der Waals surface area (Å²) in [4.78, 5) is 16.5. The van der Waals surface area contributed by atoms with E-state index in [-0.39, 0.29) is 11.4 Å². The molecule has 136 valence electrons. The number of fused-ring (bicyclic) bond motifs is 1. The van der Waals surface area contributed by atoms with Gasteiger partial charge in [0.05, 0.1) is 17.2 Å². The van der Waals surface area contributed by atoms with E-state index >= 15 is 0 Å². The van der Waals surface area contributed by atoms with Crippen LogP contribution in [0.1, 0.15) is 19.5 Å². The van der Waals surface area contributed by atoms with Crippen LogP contribution in [0.15, 0.2) is 58.3 Å². The number of nitrogens with zero attached hydrogens (tertiary/aromatic N) is 4. The SMILES string of the molecule is CCOc1ccc(-n2cccc2/C=C2\C(=N)N3N=C(C)SC3=NC2=O)cc1. The fourth-order valence-corrected chi connectivity index (χ4v) is 3.59. The molecule has 1 N–H and O–H groups in total. The lowest BCUT2D eigenvalue weighted by Gasteiger charge is -2.20. The van der Waals surface area contributed by atoms with Crippen LogP contribution in [0, 0.1) is 5.41 Å². The van der Waals surface area contributed by atoms with Gasteiger partial charge in [-0.05, 0) is 68.1 Å². The second-order valence-electron chi connectivity index (χ2n) is 5.87. The van der Waals surface area contributed by atoms with Gasteiger partial charge >= 0.3 is 0 Å². The summed E-state index contributed by atoms with van der Waals surface area (Å²) in [6.07, 6.45) is 3.58. The number of carbonyl (C=O) groups excluding carboxylic acids is 1. The molecule has 0 radical (unpaired) electrons. The van der Waals surface area contributed by atoms with Crippen LogP contribution in [0.2, 0.25) is 0 Å². The highest BCUT2D eigenvalue weighted by atomic mass is 32.2. The maximum Gasteiger partial charge on any atom is 0.283 e. The van der Waals surface area contributed by atoms with E-state index in [0.717, 1.165) is 22.2 Å². The van der Waals surface area contributed by atoms with E-state index in [2.05, 4.69) is 10.1 Å². The van der Waals surface area contributed by atoms with E-state index in [1.807, 2.05) is 61.0 Å². The number of thioether (sulfide) groups is 1. The van der Waals surface area contributed by atoms with Gasteiger partial charge in [0.15, 0.2) is 5.84 Å². The highest BCUT2D eigenvalue weighted by molar-refractivity contribution is 8.26. The van der Waals surface area contributed by atoms with Crippen LogP contribution >= 0.6 is 11.8 Å². The summed E-state index contributed by atoms with van der Waals surface area (Å²) in [5, 5.41) is 15.2. The minimum atomic E-state index is -0.428. The van der Waals surface area contributed by atoms with Crippen molar-refractivity contribution in [2.45, 2.75) is 13.8 Å². The number of carbonyl (C=O) groups is 1. The Bertz CT molecular complexity index is 1020. The van der Waals surface area contributed by atoms with Crippen LogP contribution in [-0.2, 0) is 4.79 Å². The first-order valence-corrected chi connectivity index (χ1v) is 9.26. The predicted molar refractivity (Wildman–Crippen MR) is 108 cm³/mol. The standard InChI is InChI=1S/C19H17N5O2S/c1-3-26-15-8-6-13(7-9-15)23-10-4-5-14(23)11-16-17(20)24-19(21-18(16)25)27-12(2)22-24/h4-11,20H,3H2,1-2H3/b16-11+,20-17?. The molecule has 3 heterocycles. The predicted octanol–water partition coefficient (Wildman–Crippen LogP) is 3.52. The summed E-state index contributed by atoms with van der Waals surface area (Å²) in [6.45, 7) is 4.38. The lowest BCUT2D eigenvalue weighted by molar-refractivity contribution is -0.114. The first-order chi connectivity index (χ1) is 13.1. The van der Waals surface area contributed by atoms with Crippen molar-refractivity contribution in [3.05, 3.63) is 53.9 Å². The van der Waals surface area contributed by atoms with E-state index in [4.69, 9.17) is 10.1 Å². The van der Waals surface area contributed by atoms with Crippen molar-refractivity contribution in [1.82, 2.24) is 9.58 Å². The normalized spacial score (nSPS) is 17.9. The molecule has 4 rings (SSSR count). The van der Waals surface area contributed by atoms with Gasteiger partial charge in [0.2, 0.25) is 5.17 Å². The number of hydrazone groups is 1. The molecule has 0 atom stereocenters. The topological polar surface area (TPSA) is 83.0 Å². The van der Waals surface area contributed by atoms with Crippen molar-refractivity contribution < 1.29 is 9.53 Å². The number of ether oxygens (including phenoxy) is 1. The van der Waals surface area contributed by atoms with Gasteiger partial charge in [-0.1, -0.05) is 0 Å². The Kier molecular flexibility index (Phi) is 4.41. The van der Waals surface area contributed by atoms with E-state index in [1.54, 1.807) is 6.08 Å². The van der Waals surface area contributed by atoms with Gasteiger partial charge in [-0.25, -0.2) is 0 Å². The molecule has 0 saturated carbocycles. The Morgan fingerprint density at radius 3 is 2.78 bits per heavy atom. The summed E-state index contributed by atoms with van der Waals surface area (Å²) < 4.78 is 7.42. The molecular formula is C19H17N5O2S. The van der Waals surface area contributed by atoms with Gasteiger partial charge in [-0.3, -0.25) is 10.2 Å². The largest absolute Gasteiger partial charge is 0.494 e. The van der Waals surface area contributed by atoms with Crippen LogP contribution in [-0.4, -0.2) is 38.1 Å². The molecule has 2 aliphatic rings. The third-order valence-electron chi connectivity index (χ3n) is 4.05. The van der Waals surface area contributed by atoms with E-state index in [9.17, 15) is 4.79 Å². The van der Waals surface area contributed by atoms with Gasteiger partial charge in [-0.15, -0.1) is 0 Å². The second kappa shape index (κ2) is 6.88. The number of hydrogen-bond acceptors (Lipinski definition) is 5. The number of aliphatic imine (C=N–C) groups is 1. The number of amidine groups is 2. The quantitative estimate of drug-likeness (QED) is 0.824. The molecule has 0 saturated heterocycles. The van der Waals surface area contributed by atoms with Crippen molar-refractivity contribution in [3.63, 3.8) is 0 Å². The van der Waals surface area contributed by atoms with Crippen LogP contribution in [0.3, 0.4) is 0 Å². The first-order valence-electron chi connectivity index (χ1n) is 8.44. The molecule has 1 aromatic carbocycles. The van der Waals surface area contributed by atoms with Crippen molar-refractivity contribution >= 4 is 39.8 Å². The molecule has 0 aliphatic carbocycles. The summed E-state index contributed by atoms with van der Waals surface area (Å²) in [5.74, 6) is 0.413. The molecular weight excluding hydrogens is 362 g/mol. The molecule has 0 spiro atoms. The summed E-state index contributed by atoms with van der Waals surface area (Å²) in [6, 6.07) is 11.5. The third kappa shape index (κ3) is 3.19. The molecule has 1 amide bonds. The maximum absolute atomic E-state index is 12.4. The Morgan fingerprint density at radius 2 is 2.04 bits per heavy atom. The average molecular weight is 379 g/mol. The lowest BCUT2D eigenvalue weighted by atomic mass is 10.1. The lowest BCUT2D eigenvalue weighted by Crippen LogP contribution is -2.35. The highest BCUT2D eigenvalue weighted by Crippen LogP contribution is 2.28. The molecule has 0 unspecified atom stereocenters. The van der Waals surface area contributed by atoms with Gasteiger partial charge in [0, 0.05) is 17.6 Å². The molecule has 1 aromatic heterocycles. The van der Waals surface area contributed by atoms with E-state index in [1.165, 1.54) is 16.8 Å².